The molecule has 18 heavy (non-hydrogen) atoms. The minimum Gasteiger partial charge on any atom is -0.480 e. The van der Waals surface area contributed by atoms with Crippen molar-refractivity contribution in [1.29, 1.82) is 0 Å². The summed E-state index contributed by atoms with van der Waals surface area (Å²) in [5.41, 5.74) is 0. The van der Waals surface area contributed by atoms with Gasteiger partial charge in [0, 0.05) is 4.88 Å². The van der Waals surface area contributed by atoms with Crippen LogP contribution in [0.1, 0.15) is 17.7 Å². The van der Waals surface area contributed by atoms with E-state index in [1.165, 1.54) is 17.4 Å². The highest BCUT2D eigenvalue weighted by Gasteiger charge is 2.39. The van der Waals surface area contributed by atoms with Gasteiger partial charge >= 0.3 is 5.97 Å². The SMILES string of the molecule is Cc1sc(Br)cc1S(=O)(=O)NC(C(=O)O)C1CC1. The standard InChI is InChI=1S/C10H12BrNO4S2/c1-5-7(4-8(11)17-5)18(15,16)12-9(10(13)14)6-2-3-6/h4,6,9,12H,2-3H2,1H3,(H,13,14). The van der Waals surface area contributed by atoms with E-state index in [1.807, 2.05) is 0 Å². The zero-order valence-electron chi connectivity index (χ0n) is 9.51. The molecule has 1 atom stereocenters. The summed E-state index contributed by atoms with van der Waals surface area (Å²) >= 11 is 4.53. The van der Waals surface area contributed by atoms with Gasteiger partial charge in [-0.05, 0) is 47.7 Å². The smallest absolute Gasteiger partial charge is 0.322 e. The lowest BCUT2D eigenvalue weighted by atomic mass is 10.2. The van der Waals surface area contributed by atoms with Crippen LogP contribution in [0.4, 0.5) is 0 Å². The van der Waals surface area contributed by atoms with Crippen molar-refractivity contribution in [3.63, 3.8) is 0 Å². The number of aryl methyl sites for hydroxylation is 1. The third-order valence-corrected chi connectivity index (χ3v) is 6.02. The number of nitrogens with one attached hydrogen (secondary N) is 1. The van der Waals surface area contributed by atoms with Gasteiger partial charge in [0.2, 0.25) is 10.0 Å². The quantitative estimate of drug-likeness (QED) is 0.847. The largest absolute Gasteiger partial charge is 0.480 e. The normalized spacial score (nSPS) is 17.7. The molecule has 0 aromatic carbocycles. The third kappa shape index (κ3) is 2.93. The van der Waals surface area contributed by atoms with Gasteiger partial charge in [-0.2, -0.15) is 4.72 Å². The van der Waals surface area contributed by atoms with Crippen LogP contribution in [0.3, 0.4) is 0 Å². The third-order valence-electron chi connectivity index (χ3n) is 2.77. The van der Waals surface area contributed by atoms with Crippen LogP contribution < -0.4 is 4.72 Å². The maximum atomic E-state index is 12.1. The van der Waals surface area contributed by atoms with Crippen LogP contribution >= 0.6 is 27.3 Å². The van der Waals surface area contributed by atoms with Crippen molar-refractivity contribution in [1.82, 2.24) is 4.72 Å². The van der Waals surface area contributed by atoms with E-state index < -0.39 is 22.0 Å². The second-order valence-electron chi connectivity index (χ2n) is 4.25. The molecule has 1 heterocycles. The number of carboxylic acid groups (broad SMARTS) is 1. The maximum Gasteiger partial charge on any atom is 0.322 e. The molecular formula is C10H12BrNO4S2. The van der Waals surface area contributed by atoms with Gasteiger partial charge in [-0.15, -0.1) is 11.3 Å². The lowest BCUT2D eigenvalue weighted by Crippen LogP contribution is -2.42. The van der Waals surface area contributed by atoms with Crippen LogP contribution in [-0.4, -0.2) is 25.5 Å². The molecule has 1 unspecified atom stereocenters. The molecule has 1 aromatic heterocycles. The summed E-state index contributed by atoms with van der Waals surface area (Å²) in [6, 6.07) is 0.474. The highest BCUT2D eigenvalue weighted by molar-refractivity contribution is 9.11. The number of carbonyl (C=O) groups is 1. The fraction of sp³-hybridized carbons (Fsp3) is 0.500. The fourth-order valence-corrected chi connectivity index (χ4v) is 5.38. The first-order chi connectivity index (χ1) is 8.31. The summed E-state index contributed by atoms with van der Waals surface area (Å²) in [4.78, 5) is 11.8. The van der Waals surface area contributed by atoms with Gasteiger partial charge in [0.1, 0.15) is 6.04 Å². The fourth-order valence-electron chi connectivity index (χ4n) is 1.71. The van der Waals surface area contributed by atoms with Crippen LogP contribution in [-0.2, 0) is 14.8 Å². The number of aliphatic carboxylic acids is 1. The molecule has 0 bridgehead atoms. The molecule has 8 heteroatoms. The van der Waals surface area contributed by atoms with Gasteiger partial charge in [-0.25, -0.2) is 8.42 Å². The van der Waals surface area contributed by atoms with Gasteiger partial charge in [0.15, 0.2) is 0 Å². The Morgan fingerprint density at radius 2 is 2.22 bits per heavy atom. The Labute approximate surface area is 117 Å². The van der Waals surface area contributed by atoms with E-state index in [0.29, 0.717) is 8.66 Å². The van der Waals surface area contributed by atoms with Gasteiger partial charge < -0.3 is 5.11 Å². The van der Waals surface area contributed by atoms with Crippen LogP contribution in [0, 0.1) is 12.8 Å². The Hall–Kier alpha value is -0.440. The number of hydrogen-bond acceptors (Lipinski definition) is 4. The molecule has 1 aliphatic rings. The van der Waals surface area contributed by atoms with E-state index in [9.17, 15) is 13.2 Å². The van der Waals surface area contributed by atoms with Gasteiger partial charge in [0.05, 0.1) is 8.68 Å². The Morgan fingerprint density at radius 1 is 1.61 bits per heavy atom. The van der Waals surface area contributed by atoms with Crippen molar-refractivity contribution in [2.24, 2.45) is 5.92 Å². The van der Waals surface area contributed by atoms with Crippen molar-refractivity contribution < 1.29 is 18.3 Å². The lowest BCUT2D eigenvalue weighted by molar-refractivity contribution is -0.139. The number of hydrogen-bond donors (Lipinski definition) is 2. The summed E-state index contributed by atoms with van der Waals surface area (Å²) < 4.78 is 27.2. The Morgan fingerprint density at radius 3 is 2.61 bits per heavy atom. The van der Waals surface area contributed by atoms with Crippen LogP contribution in [0.15, 0.2) is 14.7 Å². The minimum absolute atomic E-state index is 0.0837. The summed E-state index contributed by atoms with van der Waals surface area (Å²) in [6.45, 7) is 1.69. The lowest BCUT2D eigenvalue weighted by Gasteiger charge is -2.13. The summed E-state index contributed by atoms with van der Waals surface area (Å²) in [6.07, 6.45) is 1.51. The maximum absolute atomic E-state index is 12.1. The molecule has 5 nitrogen and oxygen atoms in total. The first kappa shape index (κ1) is 14.0. The molecule has 1 aliphatic carbocycles. The number of halogens is 1. The molecule has 0 amide bonds. The Bertz CT molecular complexity index is 577. The zero-order valence-corrected chi connectivity index (χ0v) is 12.7. The molecule has 2 N–H and O–H groups in total. The van der Waals surface area contributed by atoms with Gasteiger partial charge in [0.25, 0.3) is 0 Å². The second-order valence-corrected chi connectivity index (χ2v) is 8.56. The van der Waals surface area contributed by atoms with E-state index >= 15 is 0 Å². The minimum atomic E-state index is -3.77. The molecule has 1 saturated carbocycles. The molecular weight excluding hydrogens is 342 g/mol. The molecule has 2 rings (SSSR count). The average molecular weight is 354 g/mol. The molecule has 0 aliphatic heterocycles. The van der Waals surface area contributed by atoms with Crippen LogP contribution in [0.25, 0.3) is 0 Å². The monoisotopic (exact) mass is 353 g/mol. The second kappa shape index (κ2) is 4.92. The van der Waals surface area contributed by atoms with Crippen molar-refractivity contribution in [2.45, 2.75) is 30.7 Å². The van der Waals surface area contributed by atoms with E-state index in [-0.39, 0.29) is 10.8 Å². The summed E-state index contributed by atoms with van der Waals surface area (Å²) in [7, 11) is -3.77. The van der Waals surface area contributed by atoms with E-state index in [1.54, 1.807) is 6.92 Å². The van der Waals surface area contributed by atoms with Gasteiger partial charge in [-0.1, -0.05) is 0 Å². The first-order valence-corrected chi connectivity index (χ1v) is 8.41. The molecule has 1 aromatic rings. The molecule has 1 fully saturated rings. The topological polar surface area (TPSA) is 83.5 Å². The predicted octanol–water partition coefficient (Wildman–Crippen LogP) is 1.96. The number of thiophene rings is 1. The molecule has 100 valence electrons. The average Bonchev–Trinajstić information content (AvgIpc) is 3.00. The van der Waals surface area contributed by atoms with Crippen molar-refractivity contribution in [3.05, 3.63) is 14.7 Å². The predicted molar refractivity (Wildman–Crippen MR) is 71.2 cm³/mol. The first-order valence-electron chi connectivity index (χ1n) is 5.32. The van der Waals surface area contributed by atoms with E-state index in [0.717, 1.165) is 12.8 Å². The van der Waals surface area contributed by atoms with Crippen LogP contribution in [0.2, 0.25) is 0 Å². The van der Waals surface area contributed by atoms with Crippen molar-refractivity contribution in [2.75, 3.05) is 0 Å². The van der Waals surface area contributed by atoms with E-state index in [2.05, 4.69) is 20.7 Å². The molecule has 0 spiro atoms. The summed E-state index contributed by atoms with van der Waals surface area (Å²) in [5.74, 6) is -1.20. The van der Waals surface area contributed by atoms with Crippen LogP contribution in [0.5, 0.6) is 0 Å². The summed E-state index contributed by atoms with van der Waals surface area (Å²) in [5, 5.41) is 9.03. The number of rotatable bonds is 5. The highest BCUT2D eigenvalue weighted by atomic mass is 79.9. The number of carboxylic acids is 1. The van der Waals surface area contributed by atoms with Crippen molar-refractivity contribution in [3.8, 4) is 0 Å². The highest BCUT2D eigenvalue weighted by Crippen LogP contribution is 2.35. The Kier molecular flexibility index (Phi) is 3.82. The molecule has 0 saturated heterocycles. The Balaban J connectivity index is 2.26. The zero-order chi connectivity index (χ0) is 13.5. The van der Waals surface area contributed by atoms with E-state index in [4.69, 9.17) is 5.11 Å². The van der Waals surface area contributed by atoms with Gasteiger partial charge in [-0.3, -0.25) is 4.79 Å². The van der Waals surface area contributed by atoms with Crippen molar-refractivity contribution >= 4 is 43.3 Å². The number of sulfonamides is 1. The molecule has 0 radical (unpaired) electrons.